The van der Waals surface area contributed by atoms with Gasteiger partial charge in [0.2, 0.25) is 5.95 Å². The SMILES string of the molecule is CCc1nnc(NC(=O)c2ccccc2Br)nc1CC. The highest BCUT2D eigenvalue weighted by Gasteiger charge is 2.12. The van der Waals surface area contributed by atoms with Crippen LogP contribution in [0.15, 0.2) is 28.7 Å². The van der Waals surface area contributed by atoms with Gasteiger partial charge >= 0.3 is 0 Å². The van der Waals surface area contributed by atoms with Gasteiger partial charge < -0.3 is 0 Å². The third kappa shape index (κ3) is 3.19. The molecule has 1 heterocycles. The van der Waals surface area contributed by atoms with Gasteiger partial charge in [0.05, 0.1) is 17.0 Å². The van der Waals surface area contributed by atoms with Crippen molar-refractivity contribution in [3.63, 3.8) is 0 Å². The molecule has 1 amide bonds. The maximum atomic E-state index is 12.1. The third-order valence-corrected chi connectivity index (χ3v) is 3.54. The predicted octanol–water partition coefficient (Wildman–Crippen LogP) is 3.01. The largest absolute Gasteiger partial charge is 0.289 e. The van der Waals surface area contributed by atoms with Crippen molar-refractivity contribution in [2.75, 3.05) is 5.32 Å². The Bertz CT molecular complexity index is 630. The lowest BCUT2D eigenvalue weighted by molar-refractivity contribution is 0.102. The molecule has 0 spiro atoms. The van der Waals surface area contributed by atoms with Crippen LogP contribution in [0.1, 0.15) is 35.6 Å². The maximum Gasteiger partial charge on any atom is 0.259 e. The summed E-state index contributed by atoms with van der Waals surface area (Å²) in [7, 11) is 0. The van der Waals surface area contributed by atoms with Gasteiger partial charge in [-0.2, -0.15) is 0 Å². The van der Waals surface area contributed by atoms with Crippen LogP contribution in [0.4, 0.5) is 5.95 Å². The number of hydrogen-bond acceptors (Lipinski definition) is 4. The first-order valence-corrected chi connectivity index (χ1v) is 7.23. The van der Waals surface area contributed by atoms with E-state index in [1.807, 2.05) is 26.0 Å². The van der Waals surface area contributed by atoms with E-state index in [2.05, 4.69) is 36.4 Å². The summed E-state index contributed by atoms with van der Waals surface area (Å²) in [6, 6.07) is 7.19. The van der Waals surface area contributed by atoms with E-state index in [4.69, 9.17) is 0 Å². The van der Waals surface area contributed by atoms with Crippen LogP contribution in [0, 0.1) is 0 Å². The third-order valence-electron chi connectivity index (χ3n) is 2.85. The normalized spacial score (nSPS) is 10.3. The Hall–Kier alpha value is -1.82. The fourth-order valence-electron chi connectivity index (χ4n) is 1.81. The molecule has 2 aromatic rings. The summed E-state index contributed by atoms with van der Waals surface area (Å²) in [5.74, 6) is -0.0228. The quantitative estimate of drug-likeness (QED) is 0.933. The average molecular weight is 335 g/mol. The smallest absolute Gasteiger partial charge is 0.259 e. The second-order valence-electron chi connectivity index (χ2n) is 4.17. The zero-order valence-electron chi connectivity index (χ0n) is 11.4. The molecule has 0 atom stereocenters. The lowest BCUT2D eigenvalue weighted by atomic mass is 10.2. The fourth-order valence-corrected chi connectivity index (χ4v) is 2.27. The summed E-state index contributed by atoms with van der Waals surface area (Å²) in [5.41, 5.74) is 2.27. The Morgan fingerprint density at radius 1 is 1.15 bits per heavy atom. The van der Waals surface area contributed by atoms with Crippen LogP contribution in [0.5, 0.6) is 0 Å². The Morgan fingerprint density at radius 3 is 2.50 bits per heavy atom. The second kappa shape index (κ2) is 6.56. The van der Waals surface area contributed by atoms with Crippen LogP contribution >= 0.6 is 15.9 Å². The summed E-state index contributed by atoms with van der Waals surface area (Å²) < 4.78 is 0.728. The molecule has 0 bridgehead atoms. The number of benzene rings is 1. The molecule has 20 heavy (non-hydrogen) atoms. The summed E-state index contributed by atoms with van der Waals surface area (Å²) in [6.07, 6.45) is 1.54. The monoisotopic (exact) mass is 334 g/mol. The van der Waals surface area contributed by atoms with E-state index in [0.717, 1.165) is 28.7 Å². The molecule has 6 heteroatoms. The van der Waals surface area contributed by atoms with Crippen molar-refractivity contribution >= 4 is 27.8 Å². The number of anilines is 1. The molecule has 1 aromatic carbocycles. The molecule has 2 rings (SSSR count). The van der Waals surface area contributed by atoms with Gasteiger partial charge in [0, 0.05) is 4.47 Å². The van der Waals surface area contributed by atoms with Gasteiger partial charge in [-0.3, -0.25) is 10.1 Å². The number of amides is 1. The standard InChI is InChI=1S/C14H15BrN4O/c1-3-11-12(4-2)18-19-14(16-11)17-13(20)9-7-5-6-8-10(9)15/h5-8H,3-4H2,1-2H3,(H,16,17,19,20). The van der Waals surface area contributed by atoms with Crippen molar-refractivity contribution < 1.29 is 4.79 Å². The molecule has 104 valence electrons. The molecule has 0 saturated heterocycles. The minimum absolute atomic E-state index is 0.236. The molecule has 5 nitrogen and oxygen atoms in total. The summed E-state index contributed by atoms with van der Waals surface area (Å²) >= 11 is 3.34. The number of carbonyl (C=O) groups excluding carboxylic acids is 1. The van der Waals surface area contributed by atoms with Gasteiger partial charge in [-0.25, -0.2) is 4.98 Å². The van der Waals surface area contributed by atoms with Gasteiger partial charge in [-0.1, -0.05) is 26.0 Å². The molecule has 0 saturated carbocycles. The number of hydrogen-bond donors (Lipinski definition) is 1. The van der Waals surface area contributed by atoms with Crippen molar-refractivity contribution in [2.45, 2.75) is 26.7 Å². The minimum Gasteiger partial charge on any atom is -0.289 e. The minimum atomic E-state index is -0.259. The van der Waals surface area contributed by atoms with Crippen molar-refractivity contribution in [1.29, 1.82) is 0 Å². The molecular weight excluding hydrogens is 320 g/mol. The number of aryl methyl sites for hydroxylation is 2. The number of aromatic nitrogens is 3. The highest BCUT2D eigenvalue weighted by molar-refractivity contribution is 9.10. The molecule has 0 radical (unpaired) electrons. The highest BCUT2D eigenvalue weighted by atomic mass is 79.9. The topological polar surface area (TPSA) is 67.8 Å². The van der Waals surface area contributed by atoms with Gasteiger partial charge in [0.15, 0.2) is 0 Å². The fraction of sp³-hybridized carbons (Fsp3) is 0.286. The van der Waals surface area contributed by atoms with E-state index < -0.39 is 0 Å². The van der Waals surface area contributed by atoms with Gasteiger partial charge in [-0.05, 0) is 40.9 Å². The van der Waals surface area contributed by atoms with Crippen molar-refractivity contribution in [1.82, 2.24) is 15.2 Å². The van der Waals surface area contributed by atoms with Gasteiger partial charge in [-0.15, -0.1) is 10.2 Å². The van der Waals surface area contributed by atoms with Crippen molar-refractivity contribution in [2.24, 2.45) is 0 Å². The molecule has 1 aromatic heterocycles. The van der Waals surface area contributed by atoms with Crippen LogP contribution < -0.4 is 5.32 Å². The van der Waals surface area contributed by atoms with Crippen molar-refractivity contribution in [3.8, 4) is 0 Å². The first-order chi connectivity index (χ1) is 9.65. The van der Waals surface area contributed by atoms with Crippen LogP contribution in [0.3, 0.4) is 0 Å². The molecule has 0 aliphatic rings. The molecule has 0 unspecified atom stereocenters. The number of halogens is 1. The maximum absolute atomic E-state index is 12.1. The number of carbonyl (C=O) groups is 1. The number of nitrogens with zero attached hydrogens (tertiary/aromatic N) is 3. The zero-order chi connectivity index (χ0) is 14.5. The summed E-state index contributed by atoms with van der Waals surface area (Å²) in [6.45, 7) is 4.01. The Morgan fingerprint density at radius 2 is 1.85 bits per heavy atom. The van der Waals surface area contributed by atoms with E-state index in [-0.39, 0.29) is 11.9 Å². The van der Waals surface area contributed by atoms with E-state index in [1.54, 1.807) is 12.1 Å². The summed E-state index contributed by atoms with van der Waals surface area (Å²) in [5, 5.41) is 10.7. The second-order valence-corrected chi connectivity index (χ2v) is 5.02. The highest BCUT2D eigenvalue weighted by Crippen LogP contribution is 2.17. The summed E-state index contributed by atoms with van der Waals surface area (Å²) in [4.78, 5) is 16.5. The Kier molecular flexibility index (Phi) is 4.79. The van der Waals surface area contributed by atoms with E-state index in [0.29, 0.717) is 5.56 Å². The van der Waals surface area contributed by atoms with Crippen LogP contribution in [-0.2, 0) is 12.8 Å². The lowest BCUT2D eigenvalue weighted by Gasteiger charge is -2.07. The predicted molar refractivity (Wildman–Crippen MR) is 80.7 cm³/mol. The van der Waals surface area contributed by atoms with E-state index in [9.17, 15) is 4.79 Å². The van der Waals surface area contributed by atoms with Gasteiger partial charge in [0.25, 0.3) is 5.91 Å². The molecule has 0 aliphatic heterocycles. The first-order valence-electron chi connectivity index (χ1n) is 6.44. The zero-order valence-corrected chi connectivity index (χ0v) is 12.9. The van der Waals surface area contributed by atoms with E-state index >= 15 is 0 Å². The van der Waals surface area contributed by atoms with Gasteiger partial charge in [0.1, 0.15) is 0 Å². The van der Waals surface area contributed by atoms with Crippen LogP contribution in [-0.4, -0.2) is 21.1 Å². The lowest BCUT2D eigenvalue weighted by Crippen LogP contribution is -2.16. The molecule has 0 fully saturated rings. The number of nitrogens with one attached hydrogen (secondary N) is 1. The average Bonchev–Trinajstić information content (AvgIpc) is 2.47. The van der Waals surface area contributed by atoms with Crippen molar-refractivity contribution in [3.05, 3.63) is 45.7 Å². The Balaban J connectivity index is 2.22. The molecule has 0 aliphatic carbocycles. The van der Waals surface area contributed by atoms with Crippen LogP contribution in [0.25, 0.3) is 0 Å². The molecular formula is C14H15BrN4O. The molecule has 1 N–H and O–H groups in total. The first kappa shape index (κ1) is 14.6. The number of rotatable bonds is 4. The Labute approximate surface area is 126 Å². The van der Waals surface area contributed by atoms with Crippen LogP contribution in [0.2, 0.25) is 0 Å². The van der Waals surface area contributed by atoms with E-state index in [1.165, 1.54) is 0 Å².